The van der Waals surface area contributed by atoms with Gasteiger partial charge in [0.2, 0.25) is 0 Å². The highest BCUT2D eigenvalue weighted by Gasteiger charge is 2.17. The molecular weight excluding hydrogens is 418 g/mol. The van der Waals surface area contributed by atoms with Crippen LogP contribution in [0, 0.1) is 6.92 Å². The maximum atomic E-state index is 13.0. The van der Waals surface area contributed by atoms with Crippen LogP contribution in [-0.4, -0.2) is 58.9 Å². The Labute approximate surface area is 191 Å². The molecule has 0 saturated carbocycles. The van der Waals surface area contributed by atoms with Crippen LogP contribution in [0.1, 0.15) is 21.7 Å². The van der Waals surface area contributed by atoms with Crippen LogP contribution >= 0.6 is 11.3 Å². The number of aryl methyl sites for hydroxylation is 1. The monoisotopic (exact) mass is 443 g/mol. The largest absolute Gasteiger partial charge is 0.354 e. The number of pyridine rings is 2. The van der Waals surface area contributed by atoms with Crippen molar-refractivity contribution < 1.29 is 4.79 Å². The number of likely N-dealkylation sites (N-methyl/N-ethyl adjacent to an activating group) is 1. The van der Waals surface area contributed by atoms with E-state index in [4.69, 9.17) is 0 Å². The maximum absolute atomic E-state index is 13.0. The fourth-order valence-corrected chi connectivity index (χ4v) is 4.76. The number of thiazole rings is 1. The van der Waals surface area contributed by atoms with Gasteiger partial charge in [-0.05, 0) is 43.6 Å². The Morgan fingerprint density at radius 1 is 1.03 bits per heavy atom. The molecule has 1 saturated heterocycles. The molecule has 5 rings (SSSR count). The summed E-state index contributed by atoms with van der Waals surface area (Å²) in [5, 5.41) is 5.19. The van der Waals surface area contributed by atoms with Crippen molar-refractivity contribution in [2.75, 3.05) is 38.1 Å². The van der Waals surface area contributed by atoms with Gasteiger partial charge in [0.25, 0.3) is 0 Å². The van der Waals surface area contributed by atoms with Crippen molar-refractivity contribution in [2.45, 2.75) is 13.3 Å². The number of carbonyl (C=O) groups excluding carboxylic acids is 1. The Morgan fingerprint density at radius 3 is 2.66 bits per heavy atom. The van der Waals surface area contributed by atoms with E-state index in [1.807, 2.05) is 25.3 Å². The van der Waals surface area contributed by atoms with Crippen molar-refractivity contribution >= 4 is 33.7 Å². The standard InChI is InChI=1S/C25H25N5OS/c1-17-16-32-25(28-17)19-3-4-20-15-27-22(12-21(20)11-19)14-23(31)18-5-6-26-24(13-18)30-9-7-29(2)8-10-30/h3-6,11-13,15-16H,7-10,14H2,1-2H3. The van der Waals surface area contributed by atoms with Crippen LogP contribution in [0.15, 0.2) is 54.2 Å². The third-order valence-corrected chi connectivity index (χ3v) is 6.89. The Balaban J connectivity index is 1.36. The highest BCUT2D eigenvalue weighted by Crippen LogP contribution is 2.27. The number of rotatable bonds is 5. The van der Waals surface area contributed by atoms with Crippen LogP contribution in [0.2, 0.25) is 0 Å². The number of ketones is 1. The van der Waals surface area contributed by atoms with Crippen molar-refractivity contribution in [1.29, 1.82) is 0 Å². The third-order valence-electron chi connectivity index (χ3n) is 5.88. The molecule has 1 aromatic carbocycles. The van der Waals surface area contributed by atoms with Crippen LogP contribution in [0.4, 0.5) is 5.82 Å². The lowest BCUT2D eigenvalue weighted by molar-refractivity contribution is 0.0992. The van der Waals surface area contributed by atoms with Crippen LogP contribution in [0.3, 0.4) is 0 Å². The van der Waals surface area contributed by atoms with E-state index in [9.17, 15) is 4.79 Å². The van der Waals surface area contributed by atoms with E-state index in [-0.39, 0.29) is 12.2 Å². The first-order chi connectivity index (χ1) is 15.5. The fourth-order valence-electron chi connectivity index (χ4n) is 3.97. The number of anilines is 1. The number of benzene rings is 1. The molecule has 4 heterocycles. The van der Waals surface area contributed by atoms with Gasteiger partial charge in [-0.25, -0.2) is 9.97 Å². The molecule has 7 heteroatoms. The molecular formula is C25H25N5OS. The van der Waals surface area contributed by atoms with Gasteiger partial charge >= 0.3 is 0 Å². The molecule has 1 fully saturated rings. The van der Waals surface area contributed by atoms with Crippen molar-refractivity contribution in [3.05, 3.63) is 71.1 Å². The van der Waals surface area contributed by atoms with Gasteiger partial charge in [-0.1, -0.05) is 12.1 Å². The Kier molecular flexibility index (Phi) is 5.68. The molecule has 0 unspecified atom stereocenters. The molecule has 0 aliphatic carbocycles. The molecule has 3 aromatic heterocycles. The minimum atomic E-state index is 0.0568. The number of nitrogens with zero attached hydrogens (tertiary/aromatic N) is 5. The number of aromatic nitrogens is 3. The molecule has 0 radical (unpaired) electrons. The zero-order valence-electron chi connectivity index (χ0n) is 18.3. The Hall–Kier alpha value is -3.16. The summed E-state index contributed by atoms with van der Waals surface area (Å²) in [5.41, 5.74) is 3.57. The summed E-state index contributed by atoms with van der Waals surface area (Å²) >= 11 is 1.64. The Bertz CT molecular complexity index is 1280. The van der Waals surface area contributed by atoms with Crippen LogP contribution < -0.4 is 4.90 Å². The summed E-state index contributed by atoms with van der Waals surface area (Å²) in [7, 11) is 2.13. The first-order valence-corrected chi connectivity index (χ1v) is 11.7. The molecule has 4 aromatic rings. The molecule has 0 amide bonds. The second kappa shape index (κ2) is 8.76. The molecule has 6 nitrogen and oxygen atoms in total. The van der Waals surface area contributed by atoms with Gasteiger partial charge in [0, 0.05) is 71.9 Å². The summed E-state index contributed by atoms with van der Waals surface area (Å²) in [6.45, 7) is 5.86. The minimum Gasteiger partial charge on any atom is -0.354 e. The molecule has 0 bridgehead atoms. The van der Waals surface area contributed by atoms with E-state index in [1.165, 1.54) is 0 Å². The second-order valence-electron chi connectivity index (χ2n) is 8.32. The van der Waals surface area contributed by atoms with Crippen molar-refractivity contribution in [1.82, 2.24) is 19.9 Å². The maximum Gasteiger partial charge on any atom is 0.169 e. The number of hydrogen-bond donors (Lipinski definition) is 0. The summed E-state index contributed by atoms with van der Waals surface area (Å²) in [4.78, 5) is 31.2. The minimum absolute atomic E-state index is 0.0568. The lowest BCUT2D eigenvalue weighted by Gasteiger charge is -2.33. The molecule has 0 N–H and O–H groups in total. The van der Waals surface area contributed by atoms with Gasteiger partial charge in [-0.3, -0.25) is 9.78 Å². The topological polar surface area (TPSA) is 62.2 Å². The van der Waals surface area contributed by atoms with Crippen LogP contribution in [-0.2, 0) is 6.42 Å². The van der Waals surface area contributed by atoms with Crippen LogP contribution in [0.25, 0.3) is 21.3 Å². The molecule has 32 heavy (non-hydrogen) atoms. The summed E-state index contributed by atoms with van der Waals surface area (Å²) < 4.78 is 0. The second-order valence-corrected chi connectivity index (χ2v) is 9.18. The molecule has 162 valence electrons. The Morgan fingerprint density at radius 2 is 1.88 bits per heavy atom. The van der Waals surface area contributed by atoms with Gasteiger partial charge in [-0.15, -0.1) is 11.3 Å². The average molecular weight is 444 g/mol. The molecule has 1 aliphatic heterocycles. The SMILES string of the molecule is Cc1csc(-c2ccc3cnc(CC(=O)c4ccnc(N5CCN(C)CC5)c4)cc3c2)n1. The predicted molar refractivity (Wildman–Crippen MR) is 130 cm³/mol. The van der Waals surface area contributed by atoms with Crippen molar-refractivity contribution in [2.24, 2.45) is 0 Å². The van der Waals surface area contributed by atoms with Crippen LogP contribution in [0.5, 0.6) is 0 Å². The fraction of sp³-hybridized carbons (Fsp3) is 0.280. The van der Waals surface area contributed by atoms with Gasteiger partial charge in [-0.2, -0.15) is 0 Å². The zero-order chi connectivity index (χ0) is 22.1. The smallest absolute Gasteiger partial charge is 0.169 e. The van der Waals surface area contributed by atoms with E-state index in [1.54, 1.807) is 23.6 Å². The first-order valence-electron chi connectivity index (χ1n) is 10.8. The quantitative estimate of drug-likeness (QED) is 0.430. The lowest BCUT2D eigenvalue weighted by Crippen LogP contribution is -2.44. The average Bonchev–Trinajstić information content (AvgIpc) is 3.25. The number of Topliss-reactive ketones (excluding diaryl/α,β-unsaturated/α-hetero) is 1. The molecule has 1 aliphatic rings. The number of hydrogen-bond acceptors (Lipinski definition) is 7. The van der Waals surface area contributed by atoms with E-state index in [0.717, 1.165) is 64.7 Å². The summed E-state index contributed by atoms with van der Waals surface area (Å²) in [5.74, 6) is 0.931. The lowest BCUT2D eigenvalue weighted by atomic mass is 10.0. The normalized spacial score (nSPS) is 14.8. The van der Waals surface area contributed by atoms with Gasteiger partial charge in [0.15, 0.2) is 5.78 Å². The third kappa shape index (κ3) is 4.40. The van der Waals surface area contributed by atoms with E-state index in [2.05, 4.69) is 55.4 Å². The van der Waals surface area contributed by atoms with E-state index >= 15 is 0 Å². The number of piperazine rings is 1. The van der Waals surface area contributed by atoms with Gasteiger partial charge < -0.3 is 9.80 Å². The number of carbonyl (C=O) groups is 1. The number of fused-ring (bicyclic) bond motifs is 1. The van der Waals surface area contributed by atoms with Crippen molar-refractivity contribution in [3.8, 4) is 10.6 Å². The van der Waals surface area contributed by atoms with Gasteiger partial charge in [0.05, 0.1) is 6.42 Å². The molecule has 0 spiro atoms. The van der Waals surface area contributed by atoms with Gasteiger partial charge in [0.1, 0.15) is 10.8 Å². The molecule has 0 atom stereocenters. The first kappa shape index (κ1) is 20.7. The highest BCUT2D eigenvalue weighted by atomic mass is 32.1. The van der Waals surface area contributed by atoms with E-state index in [0.29, 0.717) is 5.56 Å². The summed E-state index contributed by atoms with van der Waals surface area (Å²) in [6, 6.07) is 12.0. The van der Waals surface area contributed by atoms with Crippen molar-refractivity contribution in [3.63, 3.8) is 0 Å². The predicted octanol–water partition coefficient (Wildman–Crippen LogP) is 4.24. The van der Waals surface area contributed by atoms with E-state index < -0.39 is 0 Å². The zero-order valence-corrected chi connectivity index (χ0v) is 19.1. The summed E-state index contributed by atoms with van der Waals surface area (Å²) in [6.07, 6.45) is 3.84. The highest BCUT2D eigenvalue weighted by molar-refractivity contribution is 7.13.